The lowest BCUT2D eigenvalue weighted by atomic mass is 9.69. The van der Waals surface area contributed by atoms with E-state index in [-0.39, 0.29) is 0 Å². The van der Waals surface area contributed by atoms with Crippen LogP contribution in [0.25, 0.3) is 0 Å². The van der Waals surface area contributed by atoms with Crippen LogP contribution in [-0.4, -0.2) is 36.1 Å². The normalized spacial score (nSPS) is 19.4. The number of ether oxygens (including phenoxy) is 1. The number of nitrogens with one attached hydrogen (secondary N) is 1. The summed E-state index contributed by atoms with van der Waals surface area (Å²) in [4.78, 5) is 0. The topological polar surface area (TPSA) is 39.1 Å². The maximum absolute atomic E-state index is 5.39. The van der Waals surface area contributed by atoms with Gasteiger partial charge < -0.3 is 10.1 Å². The predicted molar refractivity (Wildman–Crippen MR) is 77.0 cm³/mol. The fourth-order valence-electron chi connectivity index (χ4n) is 2.82. The molecule has 4 heteroatoms. The quantitative estimate of drug-likeness (QED) is 0.784. The molecule has 1 aliphatic carbocycles. The van der Waals surface area contributed by atoms with Gasteiger partial charge in [-0.2, -0.15) is 5.10 Å². The van der Waals surface area contributed by atoms with Crippen LogP contribution < -0.4 is 5.32 Å². The molecule has 19 heavy (non-hydrogen) atoms. The number of methoxy groups -OCH3 is 1. The number of aromatic nitrogens is 2. The molecule has 0 radical (unpaired) electrons. The highest BCUT2D eigenvalue weighted by molar-refractivity contribution is 4.91. The van der Waals surface area contributed by atoms with Crippen molar-refractivity contribution in [1.82, 2.24) is 15.1 Å². The van der Waals surface area contributed by atoms with Gasteiger partial charge in [0.1, 0.15) is 0 Å². The molecule has 2 rings (SSSR count). The first-order valence-corrected chi connectivity index (χ1v) is 7.35. The van der Waals surface area contributed by atoms with Gasteiger partial charge in [0.05, 0.1) is 13.2 Å². The first-order chi connectivity index (χ1) is 9.15. The zero-order valence-corrected chi connectivity index (χ0v) is 12.4. The van der Waals surface area contributed by atoms with E-state index in [9.17, 15) is 0 Å². The average molecular weight is 265 g/mol. The highest BCUT2D eigenvalue weighted by Crippen LogP contribution is 2.40. The molecule has 1 fully saturated rings. The minimum absolute atomic E-state index is 0.381. The van der Waals surface area contributed by atoms with Gasteiger partial charge in [0.25, 0.3) is 0 Å². The molecule has 4 nitrogen and oxygen atoms in total. The maximum Gasteiger partial charge on any atom is 0.0565 e. The van der Waals surface area contributed by atoms with Crippen molar-refractivity contribution in [2.75, 3.05) is 20.3 Å². The largest absolute Gasteiger partial charge is 0.384 e. The lowest BCUT2D eigenvalue weighted by Gasteiger charge is -2.42. The molecule has 1 N–H and O–H groups in total. The Hall–Kier alpha value is -0.870. The van der Waals surface area contributed by atoms with Gasteiger partial charge in [0.15, 0.2) is 0 Å². The Bertz CT molecular complexity index is 357. The van der Waals surface area contributed by atoms with Crippen molar-refractivity contribution in [2.24, 2.45) is 11.3 Å². The van der Waals surface area contributed by atoms with E-state index in [1.165, 1.54) is 19.3 Å². The maximum atomic E-state index is 5.39. The molecule has 0 spiro atoms. The van der Waals surface area contributed by atoms with Crippen LogP contribution in [0.3, 0.4) is 0 Å². The lowest BCUT2D eigenvalue weighted by molar-refractivity contribution is 0.0141. The van der Waals surface area contributed by atoms with Crippen molar-refractivity contribution in [3.63, 3.8) is 0 Å². The van der Waals surface area contributed by atoms with Crippen LogP contribution in [0.2, 0.25) is 0 Å². The third-order valence-electron chi connectivity index (χ3n) is 4.35. The van der Waals surface area contributed by atoms with Gasteiger partial charge in [-0.15, -0.1) is 0 Å². The average Bonchev–Trinajstić information content (AvgIpc) is 2.83. The zero-order valence-electron chi connectivity index (χ0n) is 12.4. The highest BCUT2D eigenvalue weighted by Gasteiger charge is 2.37. The smallest absolute Gasteiger partial charge is 0.0565 e. The first kappa shape index (κ1) is 14.5. The molecule has 1 aliphatic rings. The van der Waals surface area contributed by atoms with Crippen molar-refractivity contribution < 1.29 is 4.74 Å². The highest BCUT2D eigenvalue weighted by atomic mass is 16.5. The van der Waals surface area contributed by atoms with Crippen molar-refractivity contribution >= 4 is 0 Å². The van der Waals surface area contributed by atoms with E-state index in [0.717, 1.165) is 19.7 Å². The van der Waals surface area contributed by atoms with E-state index in [2.05, 4.69) is 24.3 Å². The van der Waals surface area contributed by atoms with Crippen LogP contribution in [0, 0.1) is 11.3 Å². The predicted octanol–water partition coefficient (Wildman–Crippen LogP) is 2.31. The molecule has 1 aromatic heterocycles. The third kappa shape index (κ3) is 3.80. The molecule has 0 bridgehead atoms. The molecular formula is C15H27N3O. The van der Waals surface area contributed by atoms with Crippen LogP contribution in [0.4, 0.5) is 0 Å². The minimum atomic E-state index is 0.381. The van der Waals surface area contributed by atoms with E-state index < -0.39 is 0 Å². The zero-order chi connectivity index (χ0) is 13.7. The summed E-state index contributed by atoms with van der Waals surface area (Å²) in [6, 6.07) is 2.45. The second-order valence-electron chi connectivity index (χ2n) is 6.25. The Morgan fingerprint density at radius 1 is 1.42 bits per heavy atom. The van der Waals surface area contributed by atoms with Gasteiger partial charge >= 0.3 is 0 Å². The van der Waals surface area contributed by atoms with E-state index in [1.807, 2.05) is 30.3 Å². The molecule has 1 saturated carbocycles. The summed E-state index contributed by atoms with van der Waals surface area (Å²) in [7, 11) is 1.81. The van der Waals surface area contributed by atoms with Gasteiger partial charge in [0.2, 0.25) is 0 Å². The Balaban J connectivity index is 1.86. The minimum Gasteiger partial charge on any atom is -0.384 e. The molecule has 108 valence electrons. The molecule has 0 saturated heterocycles. The second-order valence-corrected chi connectivity index (χ2v) is 6.25. The Labute approximate surface area is 116 Å². The summed E-state index contributed by atoms with van der Waals surface area (Å²) >= 11 is 0. The van der Waals surface area contributed by atoms with Crippen LogP contribution in [0.15, 0.2) is 18.5 Å². The second kappa shape index (κ2) is 6.53. The summed E-state index contributed by atoms with van der Waals surface area (Å²) in [6.45, 7) is 7.42. The van der Waals surface area contributed by atoms with Crippen LogP contribution >= 0.6 is 0 Å². The summed E-state index contributed by atoms with van der Waals surface area (Å²) < 4.78 is 7.41. The van der Waals surface area contributed by atoms with Gasteiger partial charge in [-0.05, 0) is 24.8 Å². The Morgan fingerprint density at radius 2 is 2.21 bits per heavy atom. The number of hydrogen-bond donors (Lipinski definition) is 1. The van der Waals surface area contributed by atoms with Crippen molar-refractivity contribution in [3.8, 4) is 0 Å². The van der Waals surface area contributed by atoms with Crippen molar-refractivity contribution in [1.29, 1.82) is 0 Å². The third-order valence-corrected chi connectivity index (χ3v) is 4.35. The van der Waals surface area contributed by atoms with E-state index in [4.69, 9.17) is 4.74 Å². The van der Waals surface area contributed by atoms with E-state index >= 15 is 0 Å². The summed E-state index contributed by atoms with van der Waals surface area (Å²) in [5.74, 6) is 0.601. The molecular weight excluding hydrogens is 238 g/mol. The Kier molecular flexibility index (Phi) is 4.99. The van der Waals surface area contributed by atoms with Gasteiger partial charge in [-0.1, -0.05) is 20.3 Å². The van der Waals surface area contributed by atoms with Gasteiger partial charge in [-0.3, -0.25) is 4.68 Å². The molecule has 0 amide bonds. The lowest BCUT2D eigenvalue weighted by Crippen LogP contribution is -2.48. The molecule has 0 aliphatic heterocycles. The molecule has 0 unspecified atom stereocenters. The number of nitrogens with zero attached hydrogens (tertiary/aromatic N) is 2. The molecule has 0 aromatic carbocycles. The summed E-state index contributed by atoms with van der Waals surface area (Å²) in [6.07, 6.45) is 7.80. The van der Waals surface area contributed by atoms with Gasteiger partial charge in [-0.25, -0.2) is 0 Å². The summed E-state index contributed by atoms with van der Waals surface area (Å²) in [5.41, 5.74) is 0.381. The monoisotopic (exact) mass is 265 g/mol. The van der Waals surface area contributed by atoms with Crippen molar-refractivity contribution in [2.45, 2.75) is 45.7 Å². The van der Waals surface area contributed by atoms with E-state index in [0.29, 0.717) is 17.4 Å². The van der Waals surface area contributed by atoms with Crippen LogP contribution in [-0.2, 0) is 11.3 Å². The fraction of sp³-hybridized carbons (Fsp3) is 0.800. The molecule has 1 aromatic rings. The first-order valence-electron chi connectivity index (χ1n) is 7.35. The van der Waals surface area contributed by atoms with Crippen LogP contribution in [0.5, 0.6) is 0 Å². The molecule has 1 heterocycles. The number of hydrogen-bond acceptors (Lipinski definition) is 3. The van der Waals surface area contributed by atoms with Crippen LogP contribution in [0.1, 0.15) is 33.1 Å². The van der Waals surface area contributed by atoms with Crippen molar-refractivity contribution in [3.05, 3.63) is 18.5 Å². The van der Waals surface area contributed by atoms with E-state index in [1.54, 1.807) is 0 Å². The summed E-state index contributed by atoms with van der Waals surface area (Å²) in [5, 5.41) is 8.05. The number of rotatable bonds is 8. The Morgan fingerprint density at radius 3 is 2.68 bits per heavy atom. The van der Waals surface area contributed by atoms with Gasteiger partial charge in [0, 0.05) is 37.5 Å². The molecule has 1 atom stereocenters. The fourth-order valence-corrected chi connectivity index (χ4v) is 2.82. The standard InChI is InChI=1S/C15H27N3O/c1-13(2)14(10-18-9-5-8-17-18)16-11-15(12-19-3)6-4-7-15/h5,8-9,13-14,16H,4,6-7,10-12H2,1-3H3/t14-/m0/s1. The SMILES string of the molecule is COCC1(CN[C@@H](Cn2cccn2)C(C)C)CCC1.